The third-order valence-corrected chi connectivity index (χ3v) is 3.85. The molecule has 3 N–H and O–H groups in total. The van der Waals surface area contributed by atoms with E-state index >= 15 is 0 Å². The van der Waals surface area contributed by atoms with Gasteiger partial charge >= 0.3 is 11.9 Å². The normalized spacial score (nSPS) is 16.1. The van der Waals surface area contributed by atoms with E-state index in [2.05, 4.69) is 0 Å². The maximum absolute atomic E-state index is 11.6. The van der Waals surface area contributed by atoms with Gasteiger partial charge in [0.1, 0.15) is 13.2 Å². The van der Waals surface area contributed by atoms with Crippen LogP contribution in [0.4, 0.5) is 0 Å². The molecule has 7 nitrogen and oxygen atoms in total. The quantitative estimate of drug-likeness (QED) is 0.428. The highest BCUT2D eigenvalue weighted by molar-refractivity contribution is 5.70. The summed E-state index contributed by atoms with van der Waals surface area (Å²) in [6, 6.07) is 0. The van der Waals surface area contributed by atoms with Gasteiger partial charge in [0.15, 0.2) is 0 Å². The Kier molecular flexibility index (Phi) is 11.6. The van der Waals surface area contributed by atoms with Crippen LogP contribution in [0.15, 0.2) is 0 Å². The minimum absolute atomic E-state index is 0.0740. The van der Waals surface area contributed by atoms with E-state index in [0.717, 1.165) is 0 Å². The molecule has 0 rings (SSSR count). The lowest BCUT2D eigenvalue weighted by Gasteiger charge is -2.26. The second-order valence-corrected chi connectivity index (χ2v) is 6.49. The van der Waals surface area contributed by atoms with Crippen LogP contribution in [0.25, 0.3) is 0 Å². The van der Waals surface area contributed by atoms with Crippen molar-refractivity contribution in [3.63, 3.8) is 0 Å². The van der Waals surface area contributed by atoms with Gasteiger partial charge in [-0.15, -0.1) is 0 Å². The Morgan fingerprint density at radius 2 is 1.29 bits per heavy atom. The van der Waals surface area contributed by atoms with Gasteiger partial charge in [0.25, 0.3) is 0 Å². The van der Waals surface area contributed by atoms with Crippen molar-refractivity contribution in [1.82, 2.24) is 0 Å². The van der Waals surface area contributed by atoms with Crippen molar-refractivity contribution in [2.75, 3.05) is 19.8 Å². The molecule has 0 aromatic carbocycles. The summed E-state index contributed by atoms with van der Waals surface area (Å²) in [5.41, 5.74) is -0.877. The lowest BCUT2D eigenvalue weighted by Crippen LogP contribution is -2.35. The van der Waals surface area contributed by atoms with Crippen LogP contribution >= 0.6 is 0 Å². The predicted octanol–water partition coefficient (Wildman–Crippen LogP) is 1.17. The van der Waals surface area contributed by atoms with Crippen molar-refractivity contribution in [2.45, 2.75) is 71.5 Å². The number of rotatable bonds is 13. The van der Waals surface area contributed by atoms with Crippen molar-refractivity contribution in [1.29, 1.82) is 0 Å². The molecule has 0 fully saturated rings. The molecule has 2 atom stereocenters. The number of aliphatic hydroxyl groups is 3. The summed E-state index contributed by atoms with van der Waals surface area (Å²) in [6.45, 7) is 4.85. The van der Waals surface area contributed by atoms with E-state index < -0.39 is 29.6 Å². The lowest BCUT2D eigenvalue weighted by molar-refractivity contribution is -0.155. The Hall–Kier alpha value is -1.18. The number of hydrogen-bond donors (Lipinski definition) is 3. The molecule has 0 radical (unpaired) electrons. The van der Waals surface area contributed by atoms with Crippen LogP contribution < -0.4 is 0 Å². The van der Waals surface area contributed by atoms with Crippen LogP contribution in [0.2, 0.25) is 0 Å². The lowest BCUT2D eigenvalue weighted by atomic mass is 9.94. The van der Waals surface area contributed by atoms with Gasteiger partial charge in [0.2, 0.25) is 0 Å². The van der Waals surface area contributed by atoms with Gasteiger partial charge in [-0.25, -0.2) is 0 Å². The largest absolute Gasteiger partial charge is 0.465 e. The molecule has 2 unspecified atom stereocenters. The molecular weight excluding hydrogens is 316 g/mol. The zero-order valence-corrected chi connectivity index (χ0v) is 15.0. The molecule has 0 aromatic rings. The van der Waals surface area contributed by atoms with Crippen LogP contribution in [-0.4, -0.2) is 59.3 Å². The molecule has 0 saturated heterocycles. The minimum atomic E-state index is -0.877. The molecule has 142 valence electrons. The Morgan fingerprint density at radius 3 is 1.58 bits per heavy atom. The van der Waals surface area contributed by atoms with Crippen LogP contribution in [0.5, 0.6) is 0 Å². The number of ether oxygens (including phenoxy) is 2. The monoisotopic (exact) mass is 348 g/mol. The Bertz CT molecular complexity index is 340. The highest BCUT2D eigenvalue weighted by Crippen LogP contribution is 2.18. The summed E-state index contributed by atoms with van der Waals surface area (Å²) >= 11 is 0. The highest BCUT2D eigenvalue weighted by Gasteiger charge is 2.28. The van der Waals surface area contributed by atoms with Gasteiger partial charge in [-0.2, -0.15) is 0 Å². The average Bonchev–Trinajstić information content (AvgIpc) is 2.60. The first-order valence-corrected chi connectivity index (χ1v) is 8.54. The number of carbonyl (C=O) groups excluding carboxylic acids is 2. The maximum Gasteiger partial charge on any atom is 0.305 e. The van der Waals surface area contributed by atoms with Gasteiger partial charge in [0.05, 0.1) is 24.2 Å². The second kappa shape index (κ2) is 12.2. The average molecular weight is 348 g/mol. The molecule has 0 spiro atoms. The van der Waals surface area contributed by atoms with Crippen LogP contribution in [0.1, 0.15) is 59.3 Å². The molecule has 0 aromatic heterocycles. The van der Waals surface area contributed by atoms with Gasteiger partial charge in [-0.1, -0.05) is 20.8 Å². The van der Waals surface area contributed by atoms with Crippen molar-refractivity contribution in [2.24, 2.45) is 5.41 Å². The predicted molar refractivity (Wildman–Crippen MR) is 88.2 cm³/mol. The van der Waals surface area contributed by atoms with Crippen LogP contribution in [0, 0.1) is 5.41 Å². The molecule has 0 aliphatic carbocycles. The summed E-state index contributed by atoms with van der Waals surface area (Å²) in [5, 5.41) is 28.3. The smallest absolute Gasteiger partial charge is 0.305 e. The molecule has 0 saturated carbocycles. The minimum Gasteiger partial charge on any atom is -0.465 e. The van der Waals surface area contributed by atoms with Crippen LogP contribution in [-0.2, 0) is 19.1 Å². The van der Waals surface area contributed by atoms with E-state index in [0.29, 0.717) is 25.7 Å². The van der Waals surface area contributed by atoms with Gasteiger partial charge < -0.3 is 24.8 Å². The van der Waals surface area contributed by atoms with Crippen molar-refractivity contribution >= 4 is 11.9 Å². The first-order chi connectivity index (χ1) is 11.3. The number of hydrogen-bond acceptors (Lipinski definition) is 7. The first-order valence-electron chi connectivity index (χ1n) is 8.54. The topological polar surface area (TPSA) is 113 Å². The third kappa shape index (κ3) is 10.6. The van der Waals surface area contributed by atoms with E-state index in [9.17, 15) is 24.9 Å². The Morgan fingerprint density at radius 1 is 0.917 bits per heavy atom. The molecule has 0 aliphatic rings. The SMILES string of the molecule is CCC(O)CCC(=O)OCC(C)(CO)COC(=O)CCC(O)CC. The fourth-order valence-electron chi connectivity index (χ4n) is 1.76. The van der Waals surface area contributed by atoms with E-state index in [4.69, 9.17) is 9.47 Å². The molecule has 7 heteroatoms. The van der Waals surface area contributed by atoms with E-state index in [-0.39, 0.29) is 32.7 Å². The molecule has 0 aliphatic heterocycles. The molecule has 0 bridgehead atoms. The zero-order valence-electron chi connectivity index (χ0n) is 15.0. The third-order valence-electron chi connectivity index (χ3n) is 3.85. The number of aliphatic hydroxyl groups excluding tert-OH is 3. The van der Waals surface area contributed by atoms with Crippen molar-refractivity contribution in [3.8, 4) is 0 Å². The van der Waals surface area contributed by atoms with Gasteiger partial charge in [-0.3, -0.25) is 9.59 Å². The molecule has 0 heterocycles. The summed E-state index contributed by atoms with van der Waals surface area (Å²) in [7, 11) is 0. The van der Waals surface area contributed by atoms with Crippen molar-refractivity contribution in [3.05, 3.63) is 0 Å². The highest BCUT2D eigenvalue weighted by atomic mass is 16.5. The zero-order chi connectivity index (χ0) is 18.6. The summed E-state index contributed by atoms with van der Waals surface area (Å²) in [6.07, 6.45) is 0.965. The van der Waals surface area contributed by atoms with E-state index in [1.165, 1.54) is 0 Å². The molecular formula is C17H32O7. The Balaban J connectivity index is 4.14. The summed E-state index contributed by atoms with van der Waals surface area (Å²) in [4.78, 5) is 23.2. The van der Waals surface area contributed by atoms with E-state index in [1.807, 2.05) is 13.8 Å². The molecule has 0 amide bonds. The van der Waals surface area contributed by atoms with Gasteiger partial charge in [-0.05, 0) is 25.7 Å². The van der Waals surface area contributed by atoms with Crippen LogP contribution in [0.3, 0.4) is 0 Å². The summed E-state index contributed by atoms with van der Waals surface area (Å²) < 4.78 is 10.2. The fraction of sp³-hybridized carbons (Fsp3) is 0.882. The fourth-order valence-corrected chi connectivity index (χ4v) is 1.76. The first kappa shape index (κ1) is 22.8. The molecule has 24 heavy (non-hydrogen) atoms. The van der Waals surface area contributed by atoms with Crippen molar-refractivity contribution < 1.29 is 34.4 Å². The second-order valence-electron chi connectivity index (χ2n) is 6.49. The van der Waals surface area contributed by atoms with Gasteiger partial charge in [0, 0.05) is 12.8 Å². The summed E-state index contributed by atoms with van der Waals surface area (Å²) in [5.74, 6) is -0.917. The maximum atomic E-state index is 11.6. The number of carbonyl (C=O) groups is 2. The number of esters is 2. The van der Waals surface area contributed by atoms with E-state index in [1.54, 1.807) is 6.92 Å². The standard InChI is InChI=1S/C17H32O7/c1-4-13(19)6-8-15(21)23-11-17(3,10-18)12-24-16(22)9-7-14(20)5-2/h13-14,18-20H,4-12H2,1-3H3. The Labute approximate surface area is 144 Å².